The van der Waals surface area contributed by atoms with Crippen molar-refractivity contribution >= 4 is 12.7 Å². The lowest BCUT2D eigenvalue weighted by atomic mass is 10.2. The molecule has 0 amide bonds. The number of aromatic nitrogens is 1. The molecule has 3 aromatic rings. The molecule has 0 saturated heterocycles. The molecule has 0 aliphatic carbocycles. The van der Waals surface area contributed by atoms with E-state index in [1.54, 1.807) is 6.20 Å². The number of hydrogen-bond donors (Lipinski definition) is 1. The fourth-order valence-corrected chi connectivity index (χ4v) is 5.27. The van der Waals surface area contributed by atoms with E-state index in [4.69, 9.17) is 4.52 Å². The molecule has 134 valence electrons. The lowest BCUT2D eigenvalue weighted by molar-refractivity contribution is 0.327. The van der Waals surface area contributed by atoms with Crippen LogP contribution in [0.1, 0.15) is 24.0 Å². The van der Waals surface area contributed by atoms with Crippen molar-refractivity contribution in [3.63, 3.8) is 0 Å². The molecule has 1 N–H and O–H groups in total. The van der Waals surface area contributed by atoms with Crippen LogP contribution in [0.25, 0.3) is 0 Å². The van der Waals surface area contributed by atoms with Gasteiger partial charge in [0.25, 0.3) is 7.37 Å². The Balaban J connectivity index is 1.99. The van der Waals surface area contributed by atoms with Gasteiger partial charge in [-0.25, -0.2) is 0 Å². The number of hydrogen-bond acceptors (Lipinski definition) is 4. The van der Waals surface area contributed by atoms with Gasteiger partial charge in [-0.3, -0.25) is 14.9 Å². The summed E-state index contributed by atoms with van der Waals surface area (Å²) < 4.78 is 19.9. The van der Waals surface area contributed by atoms with Crippen molar-refractivity contribution in [3.8, 4) is 0 Å². The van der Waals surface area contributed by atoms with Crippen LogP contribution in [0.3, 0.4) is 0 Å². The molecule has 26 heavy (non-hydrogen) atoms. The summed E-state index contributed by atoms with van der Waals surface area (Å²) in [6.07, 6.45) is 1.72. The van der Waals surface area contributed by atoms with E-state index in [9.17, 15) is 4.57 Å². The lowest BCUT2D eigenvalue weighted by Crippen LogP contribution is -2.27. The standard InChI is InChI=1S/C21H23N2O2P/c1-2-25-26(24,19-13-7-4-8-14-19)21(20-15-9-10-16-22-20)23-17-18-11-5-3-6-12-18/h3-16,21,23H,2,17H2,1H3. The van der Waals surface area contributed by atoms with Crippen LogP contribution in [0.5, 0.6) is 0 Å². The minimum atomic E-state index is -3.21. The van der Waals surface area contributed by atoms with Gasteiger partial charge in [-0.1, -0.05) is 54.6 Å². The molecule has 5 heteroatoms. The Labute approximate surface area is 154 Å². The molecule has 1 aromatic heterocycles. The van der Waals surface area contributed by atoms with E-state index in [1.807, 2.05) is 85.8 Å². The Bertz CT molecular complexity index is 842. The zero-order chi connectivity index (χ0) is 18.2. The third-order valence-corrected chi connectivity index (χ3v) is 6.87. The highest BCUT2D eigenvalue weighted by molar-refractivity contribution is 7.67. The summed E-state index contributed by atoms with van der Waals surface area (Å²) in [7, 11) is -3.21. The second kappa shape index (κ2) is 8.91. The zero-order valence-electron chi connectivity index (χ0n) is 14.8. The van der Waals surface area contributed by atoms with Crippen LogP contribution in [-0.4, -0.2) is 11.6 Å². The maximum absolute atomic E-state index is 14.0. The summed E-state index contributed by atoms with van der Waals surface area (Å²) in [5, 5.41) is 4.12. The monoisotopic (exact) mass is 366 g/mol. The molecule has 0 bridgehead atoms. The summed E-state index contributed by atoms with van der Waals surface area (Å²) in [6.45, 7) is 2.80. The van der Waals surface area contributed by atoms with Crippen LogP contribution < -0.4 is 10.6 Å². The van der Waals surface area contributed by atoms with E-state index in [1.165, 1.54) is 0 Å². The van der Waals surface area contributed by atoms with Crippen LogP contribution in [0.4, 0.5) is 0 Å². The molecular weight excluding hydrogens is 343 g/mol. The Morgan fingerprint density at radius 3 is 2.23 bits per heavy atom. The molecule has 0 saturated carbocycles. The van der Waals surface area contributed by atoms with Crippen LogP contribution >= 0.6 is 7.37 Å². The van der Waals surface area contributed by atoms with Crippen LogP contribution in [0.2, 0.25) is 0 Å². The molecule has 0 radical (unpaired) electrons. The second-order valence-electron chi connectivity index (χ2n) is 5.87. The Morgan fingerprint density at radius 1 is 0.962 bits per heavy atom. The quantitative estimate of drug-likeness (QED) is 0.596. The van der Waals surface area contributed by atoms with Gasteiger partial charge in [-0.15, -0.1) is 0 Å². The average molecular weight is 366 g/mol. The number of nitrogens with one attached hydrogen (secondary N) is 1. The maximum Gasteiger partial charge on any atom is 0.254 e. The van der Waals surface area contributed by atoms with E-state index in [0.717, 1.165) is 5.56 Å². The van der Waals surface area contributed by atoms with E-state index in [-0.39, 0.29) is 0 Å². The second-order valence-corrected chi connectivity index (χ2v) is 8.36. The number of rotatable bonds is 8. The molecule has 0 spiro atoms. The number of benzene rings is 2. The van der Waals surface area contributed by atoms with Gasteiger partial charge in [-0.2, -0.15) is 0 Å². The van der Waals surface area contributed by atoms with Crippen LogP contribution in [0, 0.1) is 0 Å². The van der Waals surface area contributed by atoms with E-state index >= 15 is 0 Å². The number of nitrogens with zero attached hydrogens (tertiary/aromatic N) is 1. The van der Waals surface area contributed by atoms with E-state index in [0.29, 0.717) is 24.2 Å². The van der Waals surface area contributed by atoms with Gasteiger partial charge in [0.2, 0.25) is 0 Å². The SMILES string of the molecule is CCOP(=O)(c1ccccc1)C(NCc1ccccc1)c1ccccn1. The summed E-state index contributed by atoms with van der Waals surface area (Å²) in [6, 6.07) is 25.1. The summed E-state index contributed by atoms with van der Waals surface area (Å²) in [5.41, 5.74) is 1.83. The Hall–Kier alpha value is -2.26. The van der Waals surface area contributed by atoms with Gasteiger partial charge in [0.1, 0.15) is 5.78 Å². The molecule has 1 heterocycles. The third kappa shape index (κ3) is 4.28. The predicted molar refractivity (Wildman–Crippen MR) is 106 cm³/mol. The highest BCUT2D eigenvalue weighted by Gasteiger charge is 2.37. The average Bonchev–Trinajstić information content (AvgIpc) is 2.70. The zero-order valence-corrected chi connectivity index (χ0v) is 15.7. The molecule has 3 rings (SSSR count). The van der Waals surface area contributed by atoms with Crippen molar-refractivity contribution in [2.45, 2.75) is 19.3 Å². The molecule has 2 aromatic carbocycles. The Kier molecular flexibility index (Phi) is 6.35. The van der Waals surface area contributed by atoms with Gasteiger partial charge in [0, 0.05) is 18.0 Å². The topological polar surface area (TPSA) is 51.2 Å². The van der Waals surface area contributed by atoms with Crippen molar-refractivity contribution in [2.75, 3.05) is 6.61 Å². The lowest BCUT2D eigenvalue weighted by Gasteiger charge is -2.28. The van der Waals surface area contributed by atoms with Gasteiger partial charge >= 0.3 is 0 Å². The first-order chi connectivity index (χ1) is 12.7. The summed E-state index contributed by atoms with van der Waals surface area (Å²) in [5.74, 6) is -0.522. The van der Waals surface area contributed by atoms with Gasteiger partial charge in [-0.05, 0) is 36.8 Å². The van der Waals surface area contributed by atoms with Gasteiger partial charge in [0.15, 0.2) is 0 Å². The van der Waals surface area contributed by atoms with Gasteiger partial charge in [0.05, 0.1) is 12.3 Å². The largest absolute Gasteiger partial charge is 0.324 e. The van der Waals surface area contributed by atoms with Crippen molar-refractivity contribution in [1.82, 2.24) is 10.3 Å². The van der Waals surface area contributed by atoms with Crippen LogP contribution in [0.15, 0.2) is 85.1 Å². The molecular formula is C21H23N2O2P. The van der Waals surface area contributed by atoms with E-state index in [2.05, 4.69) is 10.3 Å². The first-order valence-electron chi connectivity index (χ1n) is 8.72. The van der Waals surface area contributed by atoms with Gasteiger partial charge < -0.3 is 4.52 Å². The highest BCUT2D eigenvalue weighted by Crippen LogP contribution is 2.57. The van der Waals surface area contributed by atoms with Crippen molar-refractivity contribution in [1.29, 1.82) is 0 Å². The van der Waals surface area contributed by atoms with Crippen molar-refractivity contribution in [2.24, 2.45) is 0 Å². The van der Waals surface area contributed by atoms with Crippen molar-refractivity contribution < 1.29 is 9.09 Å². The fraction of sp³-hybridized carbons (Fsp3) is 0.190. The highest BCUT2D eigenvalue weighted by atomic mass is 31.2. The third-order valence-electron chi connectivity index (χ3n) is 4.09. The molecule has 4 nitrogen and oxygen atoms in total. The molecule has 0 aliphatic heterocycles. The minimum absolute atomic E-state index is 0.364. The fourth-order valence-electron chi connectivity index (χ4n) is 2.87. The molecule has 2 atom stereocenters. The minimum Gasteiger partial charge on any atom is -0.324 e. The first kappa shape index (κ1) is 18.5. The van der Waals surface area contributed by atoms with Crippen molar-refractivity contribution in [3.05, 3.63) is 96.3 Å². The maximum atomic E-state index is 14.0. The van der Waals surface area contributed by atoms with Crippen LogP contribution in [-0.2, 0) is 15.6 Å². The Morgan fingerprint density at radius 2 is 1.62 bits per heavy atom. The molecule has 2 unspecified atom stereocenters. The molecule has 0 aliphatic rings. The number of pyridine rings is 1. The van der Waals surface area contributed by atoms with E-state index < -0.39 is 13.2 Å². The normalized spacial score (nSPS) is 14.5. The molecule has 0 fully saturated rings. The first-order valence-corrected chi connectivity index (χ1v) is 10.4. The predicted octanol–water partition coefficient (Wildman–Crippen LogP) is 4.51. The summed E-state index contributed by atoms with van der Waals surface area (Å²) >= 11 is 0. The smallest absolute Gasteiger partial charge is 0.254 e. The summed E-state index contributed by atoms with van der Waals surface area (Å²) in [4.78, 5) is 4.45.